The molecule has 1 aliphatic heterocycles. The molecule has 0 bridgehead atoms. The third kappa shape index (κ3) is 2.59. The van der Waals surface area contributed by atoms with Gasteiger partial charge in [0.05, 0.1) is 16.5 Å². The average molecular weight is 363 g/mol. The SMILES string of the molecule is COc1cc(/C=C2/Sc3ccccc3C2=O)cc(Br)c1O. The lowest BCUT2D eigenvalue weighted by Crippen LogP contribution is -1.94. The Morgan fingerprint density at radius 1 is 1.29 bits per heavy atom. The van der Waals surface area contributed by atoms with Crippen LogP contribution in [0.25, 0.3) is 6.08 Å². The number of ketones is 1. The largest absolute Gasteiger partial charge is 0.503 e. The van der Waals surface area contributed by atoms with Crippen LogP contribution in [0.1, 0.15) is 15.9 Å². The first-order chi connectivity index (χ1) is 10.1. The molecule has 3 rings (SSSR count). The molecule has 0 radical (unpaired) electrons. The summed E-state index contributed by atoms with van der Waals surface area (Å²) in [5, 5.41) is 9.81. The van der Waals surface area contributed by atoms with Gasteiger partial charge in [-0.3, -0.25) is 4.79 Å². The number of hydrogen-bond donors (Lipinski definition) is 1. The predicted molar refractivity (Wildman–Crippen MR) is 87.0 cm³/mol. The van der Waals surface area contributed by atoms with Crippen LogP contribution < -0.4 is 4.74 Å². The van der Waals surface area contributed by atoms with E-state index in [1.165, 1.54) is 18.9 Å². The van der Waals surface area contributed by atoms with Gasteiger partial charge in [-0.2, -0.15) is 0 Å². The number of benzene rings is 2. The number of rotatable bonds is 2. The first-order valence-electron chi connectivity index (χ1n) is 6.20. The van der Waals surface area contributed by atoms with Gasteiger partial charge in [-0.15, -0.1) is 0 Å². The van der Waals surface area contributed by atoms with Crippen molar-refractivity contribution < 1.29 is 14.6 Å². The van der Waals surface area contributed by atoms with Gasteiger partial charge in [-0.1, -0.05) is 23.9 Å². The fourth-order valence-electron chi connectivity index (χ4n) is 2.12. The highest BCUT2D eigenvalue weighted by Gasteiger charge is 2.25. The van der Waals surface area contributed by atoms with Crippen molar-refractivity contribution in [3.8, 4) is 11.5 Å². The molecule has 0 unspecified atom stereocenters. The van der Waals surface area contributed by atoms with Crippen LogP contribution >= 0.6 is 27.7 Å². The summed E-state index contributed by atoms with van der Waals surface area (Å²) in [6.07, 6.45) is 1.81. The molecule has 5 heteroatoms. The van der Waals surface area contributed by atoms with Crippen molar-refractivity contribution in [1.29, 1.82) is 0 Å². The summed E-state index contributed by atoms with van der Waals surface area (Å²) in [5.74, 6) is 0.441. The Bertz CT molecular complexity index is 768. The number of thioether (sulfide) groups is 1. The molecule has 1 heterocycles. The van der Waals surface area contributed by atoms with Crippen LogP contribution in [0.15, 0.2) is 50.7 Å². The molecule has 1 N–H and O–H groups in total. The maximum Gasteiger partial charge on any atom is 0.200 e. The Hall–Kier alpha value is -1.72. The van der Waals surface area contributed by atoms with E-state index in [0.717, 1.165) is 16.0 Å². The zero-order valence-corrected chi connectivity index (χ0v) is 13.5. The van der Waals surface area contributed by atoms with E-state index in [1.807, 2.05) is 24.3 Å². The second kappa shape index (κ2) is 5.58. The number of hydrogen-bond acceptors (Lipinski definition) is 4. The maximum atomic E-state index is 12.3. The van der Waals surface area contributed by atoms with Crippen molar-refractivity contribution in [2.45, 2.75) is 4.90 Å². The summed E-state index contributed by atoms with van der Waals surface area (Å²) in [5.41, 5.74) is 1.53. The number of carbonyl (C=O) groups excluding carboxylic acids is 1. The zero-order valence-electron chi connectivity index (χ0n) is 11.1. The third-order valence-corrected chi connectivity index (χ3v) is 4.85. The van der Waals surface area contributed by atoms with Crippen LogP contribution in [-0.4, -0.2) is 18.0 Å². The summed E-state index contributed by atoms with van der Waals surface area (Å²) in [4.78, 5) is 14.0. The lowest BCUT2D eigenvalue weighted by Gasteiger charge is -2.07. The lowest BCUT2D eigenvalue weighted by atomic mass is 10.1. The number of allylic oxidation sites excluding steroid dienone is 1. The smallest absolute Gasteiger partial charge is 0.200 e. The van der Waals surface area contributed by atoms with E-state index in [0.29, 0.717) is 15.1 Å². The first kappa shape index (κ1) is 14.2. The summed E-state index contributed by atoms with van der Waals surface area (Å²) in [6, 6.07) is 11.0. The molecule has 3 nitrogen and oxygen atoms in total. The lowest BCUT2D eigenvalue weighted by molar-refractivity contribution is 0.104. The van der Waals surface area contributed by atoms with Crippen LogP contribution in [0.2, 0.25) is 0 Å². The number of Topliss-reactive ketones (excluding diaryl/α,β-unsaturated/α-hetero) is 1. The minimum Gasteiger partial charge on any atom is -0.503 e. The van der Waals surface area contributed by atoms with E-state index in [4.69, 9.17) is 4.74 Å². The van der Waals surface area contributed by atoms with E-state index >= 15 is 0 Å². The third-order valence-electron chi connectivity index (χ3n) is 3.14. The fraction of sp³-hybridized carbons (Fsp3) is 0.0625. The molecule has 2 aromatic rings. The second-order valence-corrected chi connectivity index (χ2v) is 6.43. The highest BCUT2D eigenvalue weighted by Crippen LogP contribution is 2.42. The molecule has 106 valence electrons. The van der Waals surface area contributed by atoms with Crippen LogP contribution in [0.3, 0.4) is 0 Å². The van der Waals surface area contributed by atoms with Gasteiger partial charge in [0.1, 0.15) is 0 Å². The zero-order chi connectivity index (χ0) is 15.0. The molecule has 2 aromatic carbocycles. The normalized spacial score (nSPS) is 15.3. The Morgan fingerprint density at radius 2 is 2.05 bits per heavy atom. The highest BCUT2D eigenvalue weighted by molar-refractivity contribution is 9.10. The minimum absolute atomic E-state index is 0.0266. The Balaban J connectivity index is 2.01. The number of ether oxygens (including phenoxy) is 1. The molecular weight excluding hydrogens is 352 g/mol. The fourth-order valence-corrected chi connectivity index (χ4v) is 3.63. The van der Waals surface area contributed by atoms with Gasteiger partial charge in [0.15, 0.2) is 11.5 Å². The van der Waals surface area contributed by atoms with Crippen molar-refractivity contribution in [3.63, 3.8) is 0 Å². The van der Waals surface area contributed by atoms with Gasteiger partial charge < -0.3 is 9.84 Å². The number of phenols is 1. The van der Waals surface area contributed by atoms with E-state index in [2.05, 4.69) is 15.9 Å². The van der Waals surface area contributed by atoms with Gasteiger partial charge in [-0.25, -0.2) is 0 Å². The van der Waals surface area contributed by atoms with Gasteiger partial charge in [0, 0.05) is 10.5 Å². The Morgan fingerprint density at radius 3 is 2.76 bits per heavy atom. The number of methoxy groups -OCH3 is 1. The maximum absolute atomic E-state index is 12.3. The molecular formula is C16H11BrO3S. The Labute approximate surface area is 134 Å². The minimum atomic E-state index is 0.0266. The van der Waals surface area contributed by atoms with Crippen molar-refractivity contribution in [2.75, 3.05) is 7.11 Å². The molecule has 0 amide bonds. The van der Waals surface area contributed by atoms with Crippen molar-refractivity contribution in [3.05, 3.63) is 56.9 Å². The van der Waals surface area contributed by atoms with Gasteiger partial charge in [0.25, 0.3) is 0 Å². The monoisotopic (exact) mass is 362 g/mol. The number of halogens is 1. The molecule has 1 aliphatic rings. The summed E-state index contributed by atoms with van der Waals surface area (Å²) < 4.78 is 5.65. The molecule has 0 spiro atoms. The standard InChI is InChI=1S/C16H11BrO3S/c1-20-12-7-9(6-11(17)16(12)19)8-14-15(18)10-4-2-3-5-13(10)21-14/h2-8,19H,1H3/b14-8+. The topological polar surface area (TPSA) is 46.5 Å². The average Bonchev–Trinajstić information content (AvgIpc) is 2.79. The van der Waals surface area contributed by atoms with Crippen molar-refractivity contribution in [1.82, 2.24) is 0 Å². The molecule has 0 saturated carbocycles. The highest BCUT2D eigenvalue weighted by atomic mass is 79.9. The number of aromatic hydroxyl groups is 1. The van der Waals surface area contributed by atoms with Crippen LogP contribution in [0, 0.1) is 0 Å². The van der Waals surface area contributed by atoms with Crippen LogP contribution in [0.5, 0.6) is 11.5 Å². The predicted octanol–water partition coefficient (Wildman–Crippen LogP) is 4.49. The summed E-state index contributed by atoms with van der Waals surface area (Å²) in [7, 11) is 1.49. The van der Waals surface area contributed by atoms with Crippen LogP contribution in [-0.2, 0) is 0 Å². The quantitative estimate of drug-likeness (QED) is 0.799. The Kier molecular flexibility index (Phi) is 3.78. The summed E-state index contributed by atoms with van der Waals surface area (Å²) >= 11 is 4.74. The van der Waals surface area contributed by atoms with E-state index < -0.39 is 0 Å². The van der Waals surface area contributed by atoms with E-state index in [-0.39, 0.29) is 11.5 Å². The van der Waals surface area contributed by atoms with Crippen molar-refractivity contribution in [2.24, 2.45) is 0 Å². The molecule has 0 saturated heterocycles. The van der Waals surface area contributed by atoms with Gasteiger partial charge in [-0.05, 0) is 51.8 Å². The molecule has 0 atom stereocenters. The molecule has 0 aliphatic carbocycles. The van der Waals surface area contributed by atoms with E-state index in [1.54, 1.807) is 18.2 Å². The number of phenolic OH excluding ortho intramolecular Hbond substituents is 1. The molecule has 0 aromatic heterocycles. The number of carbonyl (C=O) groups is 1. The van der Waals surface area contributed by atoms with Gasteiger partial charge >= 0.3 is 0 Å². The van der Waals surface area contributed by atoms with Crippen LogP contribution in [0.4, 0.5) is 0 Å². The molecule has 21 heavy (non-hydrogen) atoms. The molecule has 0 fully saturated rings. The van der Waals surface area contributed by atoms with Crippen molar-refractivity contribution >= 4 is 39.6 Å². The first-order valence-corrected chi connectivity index (χ1v) is 7.81. The second-order valence-electron chi connectivity index (χ2n) is 4.49. The number of fused-ring (bicyclic) bond motifs is 1. The van der Waals surface area contributed by atoms with Gasteiger partial charge in [0.2, 0.25) is 5.78 Å². The van der Waals surface area contributed by atoms with E-state index in [9.17, 15) is 9.90 Å². The summed E-state index contributed by atoms with van der Waals surface area (Å²) in [6.45, 7) is 0.